The summed E-state index contributed by atoms with van der Waals surface area (Å²) in [5.41, 5.74) is 5.19. The van der Waals surface area contributed by atoms with Crippen molar-refractivity contribution in [3.63, 3.8) is 0 Å². The maximum Gasteiger partial charge on any atom is 0.259 e. The summed E-state index contributed by atoms with van der Waals surface area (Å²) in [5, 5.41) is 14.2. The van der Waals surface area contributed by atoms with Crippen LogP contribution in [0.1, 0.15) is 80.2 Å². The summed E-state index contributed by atoms with van der Waals surface area (Å²) in [4.78, 5) is 30.3. The van der Waals surface area contributed by atoms with E-state index in [1.807, 2.05) is 64.5 Å². The van der Waals surface area contributed by atoms with Crippen molar-refractivity contribution in [2.24, 2.45) is 0 Å². The zero-order valence-electron chi connectivity index (χ0n) is 23.4. The molecule has 0 spiro atoms. The third kappa shape index (κ3) is 5.61. The summed E-state index contributed by atoms with van der Waals surface area (Å²) in [6.07, 6.45) is 5.28. The van der Waals surface area contributed by atoms with Crippen LogP contribution in [-0.4, -0.2) is 37.7 Å². The van der Waals surface area contributed by atoms with Crippen LogP contribution in [0.3, 0.4) is 0 Å². The van der Waals surface area contributed by atoms with Crippen LogP contribution < -0.4 is 5.56 Å². The summed E-state index contributed by atoms with van der Waals surface area (Å²) < 4.78 is 9.51. The molecule has 2 heterocycles. The van der Waals surface area contributed by atoms with Gasteiger partial charge >= 0.3 is 0 Å². The van der Waals surface area contributed by atoms with Crippen molar-refractivity contribution in [3.8, 4) is 17.2 Å². The summed E-state index contributed by atoms with van der Waals surface area (Å²) in [5.74, 6) is 1.27. The summed E-state index contributed by atoms with van der Waals surface area (Å²) >= 11 is 0. The topological polar surface area (TPSA) is 102 Å². The molecule has 206 valence electrons. The number of carbonyl (C=O) groups excluding carboxylic acids is 1. The van der Waals surface area contributed by atoms with E-state index in [0.717, 1.165) is 66.5 Å². The molecule has 2 aromatic heterocycles. The monoisotopic (exact) mass is 537 g/mol. The van der Waals surface area contributed by atoms with Crippen LogP contribution in [-0.2, 0) is 22.4 Å². The summed E-state index contributed by atoms with van der Waals surface area (Å²) in [7, 11) is 0. The lowest BCUT2D eigenvalue weighted by molar-refractivity contribution is -0.124. The number of fused-ring (bicyclic) bond motifs is 1. The fraction of sp³-hybridized carbons (Fsp3) is 0.406. The van der Waals surface area contributed by atoms with Crippen molar-refractivity contribution in [3.05, 3.63) is 87.1 Å². The molecule has 0 saturated heterocycles. The van der Waals surface area contributed by atoms with Crippen molar-refractivity contribution in [1.29, 1.82) is 5.26 Å². The van der Waals surface area contributed by atoms with Gasteiger partial charge in [-0.2, -0.15) is 15.3 Å². The highest BCUT2D eigenvalue weighted by Crippen LogP contribution is 2.31. The molecule has 8 nitrogen and oxygen atoms in total. The summed E-state index contributed by atoms with van der Waals surface area (Å²) in [6, 6.07) is 17.9. The maximum atomic E-state index is 14.2. The minimum absolute atomic E-state index is 0.00430. The number of hydrogen-bond donors (Lipinski definition) is 0. The highest BCUT2D eigenvalue weighted by molar-refractivity contribution is 5.76. The van der Waals surface area contributed by atoms with Gasteiger partial charge in [-0.1, -0.05) is 55.8 Å². The van der Waals surface area contributed by atoms with Gasteiger partial charge in [-0.25, -0.2) is 4.52 Å². The van der Waals surface area contributed by atoms with Gasteiger partial charge in [-0.3, -0.25) is 14.2 Å². The molecule has 1 aliphatic rings. The first-order valence-corrected chi connectivity index (χ1v) is 14.1. The lowest BCUT2D eigenvalue weighted by atomic mass is 9.92. The van der Waals surface area contributed by atoms with Crippen LogP contribution in [0, 0.1) is 18.3 Å². The molecule has 4 aromatic rings. The Bertz CT molecular complexity index is 1620. The standard InChI is InChI=1S/C32H35N5O3/c1-4-7-30-29(18-23-10-12-24(13-11-23)28-9-6-5-8-25(28)19-33)31(39)36(32-34-22(3)35-37(30)32)26-14-16-27(17-15-26)40-20-21(2)38/h5-6,8-13,26-27H,4,7,14-18,20H2,1-3H3. The van der Waals surface area contributed by atoms with Gasteiger partial charge in [0.1, 0.15) is 12.4 Å². The van der Waals surface area contributed by atoms with Crippen LogP contribution >= 0.6 is 0 Å². The first-order valence-electron chi connectivity index (χ1n) is 14.1. The third-order valence-corrected chi connectivity index (χ3v) is 7.70. The zero-order valence-corrected chi connectivity index (χ0v) is 23.4. The molecule has 0 radical (unpaired) electrons. The van der Waals surface area contributed by atoms with Crippen LogP contribution in [0.4, 0.5) is 0 Å². The molecule has 5 rings (SSSR count). The van der Waals surface area contributed by atoms with E-state index in [2.05, 4.69) is 13.0 Å². The van der Waals surface area contributed by atoms with Crippen molar-refractivity contribution in [2.75, 3.05) is 6.61 Å². The smallest absolute Gasteiger partial charge is 0.259 e. The molecule has 0 aliphatic heterocycles. The van der Waals surface area contributed by atoms with Gasteiger partial charge in [-0.05, 0) is 68.7 Å². The van der Waals surface area contributed by atoms with Gasteiger partial charge in [-0.15, -0.1) is 0 Å². The largest absolute Gasteiger partial charge is 0.370 e. The number of aromatic nitrogens is 4. The highest BCUT2D eigenvalue weighted by atomic mass is 16.5. The Morgan fingerprint density at radius 1 is 1.10 bits per heavy atom. The predicted molar refractivity (Wildman–Crippen MR) is 153 cm³/mol. The number of nitriles is 1. The van der Waals surface area contributed by atoms with Crippen LogP contribution in [0.2, 0.25) is 0 Å². The van der Waals surface area contributed by atoms with E-state index in [1.165, 1.54) is 6.92 Å². The van der Waals surface area contributed by atoms with E-state index in [4.69, 9.17) is 14.8 Å². The van der Waals surface area contributed by atoms with E-state index in [0.29, 0.717) is 23.6 Å². The van der Waals surface area contributed by atoms with E-state index >= 15 is 0 Å². The molecule has 0 bridgehead atoms. The molecule has 1 aliphatic carbocycles. The highest BCUT2D eigenvalue weighted by Gasteiger charge is 2.28. The Labute approximate surface area is 234 Å². The first-order chi connectivity index (χ1) is 19.4. The lowest BCUT2D eigenvalue weighted by Gasteiger charge is -2.30. The minimum Gasteiger partial charge on any atom is -0.370 e. The van der Waals surface area contributed by atoms with Crippen molar-refractivity contribution in [1.82, 2.24) is 19.2 Å². The van der Waals surface area contributed by atoms with Gasteiger partial charge in [0.25, 0.3) is 5.56 Å². The molecular formula is C32H35N5O3. The number of rotatable bonds is 9. The fourth-order valence-corrected chi connectivity index (χ4v) is 5.77. The molecule has 1 fully saturated rings. The van der Waals surface area contributed by atoms with Gasteiger partial charge in [0.15, 0.2) is 5.78 Å². The molecular weight excluding hydrogens is 502 g/mol. The van der Waals surface area contributed by atoms with Crippen molar-refractivity contribution < 1.29 is 9.53 Å². The average Bonchev–Trinajstić information content (AvgIpc) is 3.35. The second-order valence-electron chi connectivity index (χ2n) is 10.7. The molecule has 0 unspecified atom stereocenters. The van der Waals surface area contributed by atoms with Crippen LogP contribution in [0.15, 0.2) is 53.3 Å². The number of carbonyl (C=O) groups is 1. The number of Topliss-reactive ketones (excluding diaryl/α,β-unsaturated/α-hetero) is 1. The zero-order chi connectivity index (χ0) is 28.2. The Kier molecular flexibility index (Phi) is 8.22. The van der Waals surface area contributed by atoms with Gasteiger partial charge in [0, 0.05) is 18.0 Å². The fourth-order valence-electron chi connectivity index (χ4n) is 5.77. The number of nitrogens with zero attached hydrogens (tertiary/aromatic N) is 5. The van der Waals surface area contributed by atoms with Gasteiger partial charge in [0.05, 0.1) is 23.4 Å². The average molecular weight is 538 g/mol. The molecule has 0 N–H and O–H groups in total. The third-order valence-electron chi connectivity index (χ3n) is 7.70. The van der Waals surface area contributed by atoms with Crippen molar-refractivity contribution in [2.45, 2.75) is 77.9 Å². The van der Waals surface area contributed by atoms with E-state index in [1.54, 1.807) is 0 Å². The number of ketones is 1. The molecule has 0 amide bonds. The van der Waals surface area contributed by atoms with Crippen molar-refractivity contribution >= 4 is 11.6 Å². The number of aryl methyl sites for hydroxylation is 2. The minimum atomic E-state index is -0.00457. The quantitative estimate of drug-likeness (QED) is 0.284. The number of hydrogen-bond acceptors (Lipinski definition) is 6. The molecule has 2 aromatic carbocycles. The first kappa shape index (κ1) is 27.5. The second-order valence-corrected chi connectivity index (χ2v) is 10.7. The summed E-state index contributed by atoms with van der Waals surface area (Å²) in [6.45, 7) is 5.64. The molecule has 40 heavy (non-hydrogen) atoms. The van der Waals surface area contributed by atoms with E-state index in [-0.39, 0.29) is 30.1 Å². The Hall–Kier alpha value is -4.09. The van der Waals surface area contributed by atoms with Crippen LogP contribution in [0.25, 0.3) is 16.9 Å². The second kappa shape index (κ2) is 12.0. The molecule has 8 heteroatoms. The number of ether oxygens (including phenoxy) is 1. The maximum absolute atomic E-state index is 14.2. The molecule has 0 atom stereocenters. The lowest BCUT2D eigenvalue weighted by Crippen LogP contribution is -2.35. The Balaban J connectivity index is 1.50. The Morgan fingerprint density at radius 3 is 2.50 bits per heavy atom. The van der Waals surface area contributed by atoms with Gasteiger partial charge < -0.3 is 4.74 Å². The van der Waals surface area contributed by atoms with Gasteiger partial charge in [0.2, 0.25) is 5.78 Å². The Morgan fingerprint density at radius 2 is 1.82 bits per heavy atom. The molecule has 1 saturated carbocycles. The predicted octanol–water partition coefficient (Wildman–Crippen LogP) is 5.37. The number of benzene rings is 2. The SMILES string of the molecule is CCCc1c(Cc2ccc(-c3ccccc3C#N)cc2)c(=O)n(C2CCC(OCC(C)=O)CC2)c2nc(C)nn12. The normalized spacial score (nSPS) is 17.1. The van der Waals surface area contributed by atoms with E-state index < -0.39 is 0 Å². The van der Waals surface area contributed by atoms with Crippen LogP contribution in [0.5, 0.6) is 0 Å². The van der Waals surface area contributed by atoms with E-state index in [9.17, 15) is 14.9 Å².